The Hall–Kier alpha value is -0.120. The highest BCUT2D eigenvalue weighted by atomic mass is 16.3. The number of aliphatic hydroxyl groups excluding tert-OH is 1. The van der Waals surface area contributed by atoms with Gasteiger partial charge in [-0.25, -0.2) is 0 Å². The Kier molecular flexibility index (Phi) is 5.07. The van der Waals surface area contributed by atoms with Crippen LogP contribution in [0.15, 0.2) is 0 Å². The minimum absolute atomic E-state index is 0.384. The summed E-state index contributed by atoms with van der Waals surface area (Å²) in [6.07, 6.45) is 7.80. The first kappa shape index (κ1) is 12.3. The average Bonchev–Trinajstić information content (AvgIpc) is 2.38. The molecule has 0 aromatic heterocycles. The maximum atomic E-state index is 9.36. The Bertz CT molecular complexity index is 192. The van der Waals surface area contributed by atoms with E-state index in [2.05, 4.69) is 10.6 Å². The maximum Gasteiger partial charge on any atom is 0.0462 e. The van der Waals surface area contributed by atoms with E-state index in [1.165, 1.54) is 45.1 Å². The fourth-order valence-electron chi connectivity index (χ4n) is 3.14. The molecule has 0 amide bonds. The Morgan fingerprint density at radius 2 is 1.88 bits per heavy atom. The van der Waals surface area contributed by atoms with Crippen LogP contribution in [-0.4, -0.2) is 37.4 Å². The summed E-state index contributed by atoms with van der Waals surface area (Å²) in [5.74, 6) is 1.26. The minimum Gasteiger partial charge on any atom is -0.396 e. The van der Waals surface area contributed by atoms with E-state index in [4.69, 9.17) is 0 Å². The van der Waals surface area contributed by atoms with Crippen LogP contribution in [0.2, 0.25) is 0 Å². The van der Waals surface area contributed by atoms with Gasteiger partial charge in [-0.15, -0.1) is 0 Å². The molecule has 3 atom stereocenters. The van der Waals surface area contributed by atoms with Crippen LogP contribution in [0.5, 0.6) is 0 Å². The number of aliphatic hydroxyl groups is 1. The molecule has 0 radical (unpaired) electrons. The normalized spacial score (nSPS) is 36.2. The summed E-state index contributed by atoms with van der Waals surface area (Å²) in [6, 6.07) is 0.662. The predicted molar refractivity (Wildman–Crippen MR) is 66.4 cm³/mol. The second kappa shape index (κ2) is 6.58. The number of nitrogens with one attached hydrogen (secondary N) is 2. The van der Waals surface area contributed by atoms with Crippen LogP contribution in [0.1, 0.15) is 38.5 Å². The molecular formula is C13H26N2O. The van der Waals surface area contributed by atoms with Crippen LogP contribution < -0.4 is 10.6 Å². The smallest absolute Gasteiger partial charge is 0.0462 e. The van der Waals surface area contributed by atoms with E-state index in [-0.39, 0.29) is 0 Å². The van der Waals surface area contributed by atoms with Gasteiger partial charge in [-0.1, -0.05) is 12.8 Å². The molecule has 3 heteroatoms. The van der Waals surface area contributed by atoms with Gasteiger partial charge in [-0.2, -0.15) is 0 Å². The van der Waals surface area contributed by atoms with Gasteiger partial charge in [-0.05, 0) is 50.6 Å². The fourth-order valence-corrected chi connectivity index (χ4v) is 3.14. The van der Waals surface area contributed by atoms with Crippen molar-refractivity contribution in [3.63, 3.8) is 0 Å². The van der Waals surface area contributed by atoms with Crippen molar-refractivity contribution in [1.82, 2.24) is 10.6 Å². The SMILES string of the molecule is OCC1CCCCC1CNC1CCCNC1. The van der Waals surface area contributed by atoms with Crippen LogP contribution in [-0.2, 0) is 0 Å². The zero-order chi connectivity index (χ0) is 11.2. The first-order chi connectivity index (χ1) is 7.90. The van der Waals surface area contributed by atoms with Crippen molar-refractivity contribution in [2.45, 2.75) is 44.6 Å². The number of rotatable bonds is 4. The second-order valence-corrected chi connectivity index (χ2v) is 5.44. The fraction of sp³-hybridized carbons (Fsp3) is 1.00. The highest BCUT2D eigenvalue weighted by molar-refractivity contribution is 4.80. The van der Waals surface area contributed by atoms with E-state index >= 15 is 0 Å². The largest absolute Gasteiger partial charge is 0.396 e. The lowest BCUT2D eigenvalue weighted by molar-refractivity contribution is 0.130. The molecule has 94 valence electrons. The Morgan fingerprint density at radius 1 is 1.06 bits per heavy atom. The molecule has 0 aromatic carbocycles. The Labute approximate surface area is 99.0 Å². The summed E-state index contributed by atoms with van der Waals surface area (Å²) >= 11 is 0. The standard InChI is InChI=1S/C13H26N2O/c16-10-12-5-2-1-4-11(12)8-15-13-6-3-7-14-9-13/h11-16H,1-10H2. The lowest BCUT2D eigenvalue weighted by Gasteiger charge is -2.33. The lowest BCUT2D eigenvalue weighted by atomic mass is 9.79. The molecule has 0 bridgehead atoms. The van der Waals surface area contributed by atoms with Gasteiger partial charge in [0.25, 0.3) is 0 Å². The molecule has 2 aliphatic rings. The summed E-state index contributed by atoms with van der Waals surface area (Å²) < 4.78 is 0. The number of hydrogen-bond acceptors (Lipinski definition) is 3. The predicted octanol–water partition coefficient (Wildman–Crippen LogP) is 1.13. The molecule has 16 heavy (non-hydrogen) atoms. The summed E-state index contributed by atoms with van der Waals surface area (Å²) in [5.41, 5.74) is 0. The number of hydrogen-bond donors (Lipinski definition) is 3. The van der Waals surface area contributed by atoms with Gasteiger partial charge < -0.3 is 15.7 Å². The first-order valence-electron chi connectivity index (χ1n) is 6.95. The van der Waals surface area contributed by atoms with Crippen molar-refractivity contribution >= 4 is 0 Å². The highest BCUT2D eigenvalue weighted by Gasteiger charge is 2.25. The third-order valence-electron chi connectivity index (χ3n) is 4.27. The number of piperidine rings is 1. The second-order valence-electron chi connectivity index (χ2n) is 5.44. The molecule has 1 aliphatic heterocycles. The first-order valence-corrected chi connectivity index (χ1v) is 6.95. The van der Waals surface area contributed by atoms with E-state index in [0.29, 0.717) is 24.5 Å². The third-order valence-corrected chi connectivity index (χ3v) is 4.27. The summed E-state index contributed by atoms with van der Waals surface area (Å²) in [6.45, 7) is 3.80. The summed E-state index contributed by atoms with van der Waals surface area (Å²) in [7, 11) is 0. The molecule has 1 aliphatic carbocycles. The quantitative estimate of drug-likeness (QED) is 0.673. The van der Waals surface area contributed by atoms with E-state index in [1.807, 2.05) is 0 Å². The summed E-state index contributed by atoms with van der Waals surface area (Å²) in [5, 5.41) is 16.5. The summed E-state index contributed by atoms with van der Waals surface area (Å²) in [4.78, 5) is 0. The monoisotopic (exact) mass is 226 g/mol. The molecule has 3 N–H and O–H groups in total. The topological polar surface area (TPSA) is 44.3 Å². The maximum absolute atomic E-state index is 9.36. The van der Waals surface area contributed by atoms with Gasteiger partial charge in [0, 0.05) is 19.2 Å². The van der Waals surface area contributed by atoms with Crippen LogP contribution in [0.25, 0.3) is 0 Å². The van der Waals surface area contributed by atoms with Crippen LogP contribution in [0, 0.1) is 11.8 Å². The van der Waals surface area contributed by atoms with E-state index < -0.39 is 0 Å². The van der Waals surface area contributed by atoms with E-state index in [0.717, 1.165) is 13.1 Å². The van der Waals surface area contributed by atoms with Crippen LogP contribution >= 0.6 is 0 Å². The van der Waals surface area contributed by atoms with Crippen LogP contribution in [0.4, 0.5) is 0 Å². The molecule has 1 saturated carbocycles. The molecule has 2 fully saturated rings. The van der Waals surface area contributed by atoms with Crippen molar-refractivity contribution in [3.8, 4) is 0 Å². The van der Waals surface area contributed by atoms with Crippen molar-refractivity contribution in [3.05, 3.63) is 0 Å². The molecule has 2 rings (SSSR count). The zero-order valence-electron chi connectivity index (χ0n) is 10.3. The van der Waals surface area contributed by atoms with Gasteiger partial charge in [0.05, 0.1) is 0 Å². The molecule has 0 spiro atoms. The third kappa shape index (κ3) is 3.44. The van der Waals surface area contributed by atoms with Crippen molar-refractivity contribution < 1.29 is 5.11 Å². The van der Waals surface area contributed by atoms with Gasteiger partial charge in [0.2, 0.25) is 0 Å². The van der Waals surface area contributed by atoms with Crippen molar-refractivity contribution in [2.75, 3.05) is 26.2 Å². The van der Waals surface area contributed by atoms with Gasteiger partial charge in [-0.3, -0.25) is 0 Å². The Balaban J connectivity index is 1.70. The molecular weight excluding hydrogens is 200 g/mol. The molecule has 3 unspecified atom stereocenters. The molecule has 1 saturated heterocycles. The van der Waals surface area contributed by atoms with Gasteiger partial charge in [0.15, 0.2) is 0 Å². The molecule has 3 nitrogen and oxygen atoms in total. The van der Waals surface area contributed by atoms with E-state index in [1.54, 1.807) is 0 Å². The molecule has 0 aromatic rings. The van der Waals surface area contributed by atoms with Crippen LogP contribution in [0.3, 0.4) is 0 Å². The van der Waals surface area contributed by atoms with Gasteiger partial charge >= 0.3 is 0 Å². The van der Waals surface area contributed by atoms with Gasteiger partial charge in [0.1, 0.15) is 0 Å². The minimum atomic E-state index is 0.384. The van der Waals surface area contributed by atoms with Crippen molar-refractivity contribution in [1.29, 1.82) is 0 Å². The highest BCUT2D eigenvalue weighted by Crippen LogP contribution is 2.29. The van der Waals surface area contributed by atoms with E-state index in [9.17, 15) is 5.11 Å². The lowest BCUT2D eigenvalue weighted by Crippen LogP contribution is -2.46. The Morgan fingerprint density at radius 3 is 2.56 bits per heavy atom. The molecule has 1 heterocycles. The van der Waals surface area contributed by atoms with Crippen molar-refractivity contribution in [2.24, 2.45) is 11.8 Å². The zero-order valence-corrected chi connectivity index (χ0v) is 10.3. The average molecular weight is 226 g/mol.